The Kier molecular flexibility index (Phi) is 7.43. The quantitative estimate of drug-likeness (QED) is 0.554. The van der Waals surface area contributed by atoms with Crippen molar-refractivity contribution in [1.82, 2.24) is 0 Å². The van der Waals surface area contributed by atoms with E-state index in [4.69, 9.17) is 4.74 Å². The molecule has 4 nitrogen and oxygen atoms in total. The van der Waals surface area contributed by atoms with Crippen molar-refractivity contribution in [2.75, 3.05) is 30.0 Å². The summed E-state index contributed by atoms with van der Waals surface area (Å²) in [6, 6.07) is 0. The number of ether oxygens (including phenoxy) is 1. The fourth-order valence-electron chi connectivity index (χ4n) is 2.72. The maximum absolute atomic E-state index is 12.6. The van der Waals surface area contributed by atoms with Crippen molar-refractivity contribution in [1.29, 1.82) is 0 Å². The molecule has 0 saturated heterocycles. The number of anilines is 1. The van der Waals surface area contributed by atoms with Gasteiger partial charge in [0.25, 0.3) is 0 Å². The third-order valence-corrected chi connectivity index (χ3v) is 11.3. The van der Waals surface area contributed by atoms with Gasteiger partial charge in [-0.1, -0.05) is 0 Å². The van der Waals surface area contributed by atoms with Crippen LogP contribution in [-0.4, -0.2) is 42.1 Å². The summed E-state index contributed by atoms with van der Waals surface area (Å²) < 4.78 is 5.45. The van der Waals surface area contributed by atoms with E-state index in [0.717, 1.165) is 24.0 Å². The van der Waals surface area contributed by atoms with Crippen LogP contribution in [0.5, 0.6) is 0 Å². The molecule has 1 amide bonds. The summed E-state index contributed by atoms with van der Waals surface area (Å²) in [4.78, 5) is 25.4. The van der Waals surface area contributed by atoms with Gasteiger partial charge in [0, 0.05) is 0 Å². The molecular weight excluding hydrogens is 341 g/mol. The molecule has 138 valence electrons. The van der Waals surface area contributed by atoms with Crippen molar-refractivity contribution in [3.05, 3.63) is 15.8 Å². The first-order valence-corrected chi connectivity index (χ1v) is 12.4. The second-order valence-electron chi connectivity index (χ2n) is 7.41. The van der Waals surface area contributed by atoms with E-state index in [1.165, 1.54) is 11.3 Å². The fraction of sp³-hybridized carbons (Fsp3) is 0.667. The predicted molar refractivity (Wildman–Crippen MR) is 108 cm³/mol. The Balaban J connectivity index is 2.94. The van der Waals surface area contributed by atoms with Gasteiger partial charge in [-0.3, -0.25) is 0 Å². The van der Waals surface area contributed by atoms with E-state index < -0.39 is 12.9 Å². The van der Waals surface area contributed by atoms with Gasteiger partial charge in [-0.2, -0.15) is 0 Å². The summed E-state index contributed by atoms with van der Waals surface area (Å²) in [5.41, 5.74) is 0.974. The number of nitrogens with one attached hydrogen (secondary N) is 1. The number of hydrogen-bond donors (Lipinski definition) is 1. The third kappa shape index (κ3) is 5.56. The summed E-state index contributed by atoms with van der Waals surface area (Å²) in [5, 5.41) is 4.88. The molecule has 6 heteroatoms. The standard InChI is InChI=1S/C18H32NO3PS/c1-8-23(9-2,10-3)11-14(20)19-15-13(4)12-24-16(15)17(21)22-18(5,6)7/h12,23H,8-11H2,1-7H3,(H,19,20). The number of amides is 1. The second kappa shape index (κ2) is 8.44. The number of carbonyl (C=O) groups excluding carboxylic acids is 2. The first-order valence-electron chi connectivity index (χ1n) is 8.68. The Bertz CT molecular complexity index is 577. The van der Waals surface area contributed by atoms with E-state index in [1.54, 1.807) is 0 Å². The monoisotopic (exact) mass is 373 g/mol. The Morgan fingerprint density at radius 3 is 2.17 bits per heavy atom. The zero-order valence-electron chi connectivity index (χ0n) is 16.0. The molecule has 1 aromatic heterocycles. The van der Waals surface area contributed by atoms with Crippen molar-refractivity contribution in [2.24, 2.45) is 0 Å². The zero-order chi connectivity index (χ0) is 18.5. The Morgan fingerprint density at radius 1 is 1.17 bits per heavy atom. The van der Waals surface area contributed by atoms with Crippen LogP contribution in [0.15, 0.2) is 5.38 Å². The van der Waals surface area contributed by atoms with E-state index in [-0.39, 0.29) is 11.9 Å². The van der Waals surface area contributed by atoms with Crippen molar-refractivity contribution in [2.45, 2.75) is 54.1 Å². The minimum absolute atomic E-state index is 0.0264. The predicted octanol–water partition coefficient (Wildman–Crippen LogP) is 4.76. The van der Waals surface area contributed by atoms with Gasteiger partial charge < -0.3 is 0 Å². The molecule has 1 N–H and O–H groups in total. The fourth-order valence-corrected chi connectivity index (χ4v) is 6.62. The van der Waals surface area contributed by atoms with Gasteiger partial charge >= 0.3 is 150 Å². The first-order chi connectivity index (χ1) is 11.1. The molecule has 1 rings (SSSR count). The summed E-state index contributed by atoms with van der Waals surface area (Å²) in [6.45, 7) is 14.0. The molecule has 0 unspecified atom stereocenters. The average molecular weight is 373 g/mol. The molecule has 0 bridgehead atoms. The van der Waals surface area contributed by atoms with Crippen LogP contribution in [0.3, 0.4) is 0 Å². The van der Waals surface area contributed by atoms with Gasteiger partial charge in [0.15, 0.2) is 0 Å². The molecule has 0 atom stereocenters. The SMILES string of the molecule is CC[PH](CC)(CC)CC(=O)Nc1c(C)csc1C(=O)OC(C)(C)C. The van der Waals surface area contributed by atoms with Crippen LogP contribution in [0, 0.1) is 6.92 Å². The van der Waals surface area contributed by atoms with Crippen LogP contribution in [0.1, 0.15) is 56.8 Å². The van der Waals surface area contributed by atoms with Crippen molar-refractivity contribution < 1.29 is 14.3 Å². The van der Waals surface area contributed by atoms with Crippen molar-refractivity contribution in [3.63, 3.8) is 0 Å². The van der Waals surface area contributed by atoms with Gasteiger partial charge in [-0.15, -0.1) is 0 Å². The number of aryl methyl sites for hydroxylation is 1. The van der Waals surface area contributed by atoms with Gasteiger partial charge in [0.05, 0.1) is 0 Å². The van der Waals surface area contributed by atoms with E-state index >= 15 is 0 Å². The van der Waals surface area contributed by atoms with Crippen LogP contribution in [0.4, 0.5) is 5.69 Å². The van der Waals surface area contributed by atoms with Crippen LogP contribution >= 0.6 is 18.6 Å². The summed E-state index contributed by atoms with van der Waals surface area (Å²) in [6.07, 6.45) is 3.93. The Labute approximate surface area is 150 Å². The average Bonchev–Trinajstić information content (AvgIpc) is 2.84. The minimum atomic E-state index is -1.54. The van der Waals surface area contributed by atoms with Crippen LogP contribution in [-0.2, 0) is 9.53 Å². The van der Waals surface area contributed by atoms with Gasteiger partial charge in [-0.25, -0.2) is 0 Å². The molecule has 0 aromatic carbocycles. The van der Waals surface area contributed by atoms with Gasteiger partial charge in [0.1, 0.15) is 0 Å². The van der Waals surface area contributed by atoms with Crippen LogP contribution in [0.25, 0.3) is 0 Å². The summed E-state index contributed by atoms with van der Waals surface area (Å²) >= 11 is 1.32. The van der Waals surface area contributed by atoms with E-state index in [9.17, 15) is 9.59 Å². The molecule has 1 heterocycles. The number of rotatable bonds is 7. The number of hydrogen-bond acceptors (Lipinski definition) is 4. The number of thiophene rings is 1. The maximum atomic E-state index is 12.6. The summed E-state index contributed by atoms with van der Waals surface area (Å²) in [5.74, 6) is -0.348. The summed E-state index contributed by atoms with van der Waals surface area (Å²) in [7, 11) is -1.54. The molecule has 24 heavy (non-hydrogen) atoms. The van der Waals surface area contributed by atoms with Gasteiger partial charge in [-0.05, 0) is 0 Å². The van der Waals surface area contributed by atoms with Crippen LogP contribution in [0.2, 0.25) is 0 Å². The van der Waals surface area contributed by atoms with E-state index in [0.29, 0.717) is 16.7 Å². The molecule has 0 saturated carbocycles. The molecule has 0 radical (unpaired) electrons. The van der Waals surface area contributed by atoms with E-state index in [1.807, 2.05) is 33.1 Å². The Morgan fingerprint density at radius 2 is 1.71 bits per heavy atom. The molecule has 0 aliphatic carbocycles. The Hall–Kier alpha value is -0.930. The van der Waals surface area contributed by atoms with Crippen LogP contribution < -0.4 is 5.32 Å². The van der Waals surface area contributed by atoms with Crippen molar-refractivity contribution in [3.8, 4) is 0 Å². The zero-order valence-corrected chi connectivity index (χ0v) is 17.9. The van der Waals surface area contributed by atoms with E-state index in [2.05, 4.69) is 26.1 Å². The third-order valence-electron chi connectivity index (χ3n) is 4.61. The second-order valence-corrected chi connectivity index (χ2v) is 13.8. The molecule has 0 spiro atoms. The molecule has 0 aliphatic heterocycles. The molecule has 0 aliphatic rings. The number of esters is 1. The van der Waals surface area contributed by atoms with Crippen molar-refractivity contribution >= 4 is 36.2 Å². The molecule has 1 aromatic rings. The first kappa shape index (κ1) is 21.1. The topological polar surface area (TPSA) is 55.4 Å². The normalized spacial score (nSPS) is 12.8. The van der Waals surface area contributed by atoms with Gasteiger partial charge in [0.2, 0.25) is 0 Å². The number of carbonyl (C=O) groups is 2. The molecule has 0 fully saturated rings. The molecular formula is C18H32NO3PS.